The van der Waals surface area contributed by atoms with Crippen molar-refractivity contribution in [3.8, 4) is 0 Å². The van der Waals surface area contributed by atoms with Crippen molar-refractivity contribution >= 4 is 5.69 Å². The van der Waals surface area contributed by atoms with Gasteiger partial charge in [0.05, 0.1) is 0 Å². The monoisotopic (exact) mass is 230 g/mol. The van der Waals surface area contributed by atoms with Crippen molar-refractivity contribution in [2.24, 2.45) is 0 Å². The Balaban J connectivity index is 1.78. The first-order valence-corrected chi connectivity index (χ1v) is 6.88. The van der Waals surface area contributed by atoms with E-state index in [1.807, 2.05) is 0 Å². The van der Waals surface area contributed by atoms with Gasteiger partial charge in [0.1, 0.15) is 0 Å². The van der Waals surface area contributed by atoms with Gasteiger partial charge in [0.15, 0.2) is 0 Å². The van der Waals surface area contributed by atoms with Gasteiger partial charge in [-0.15, -0.1) is 0 Å². The normalized spacial score (nSPS) is 25.7. The fourth-order valence-corrected chi connectivity index (χ4v) is 3.27. The molecule has 0 N–H and O–H groups in total. The summed E-state index contributed by atoms with van der Waals surface area (Å²) in [6.07, 6.45) is 4.10. The summed E-state index contributed by atoms with van der Waals surface area (Å²) in [6.45, 7) is 7.25. The van der Waals surface area contributed by atoms with Gasteiger partial charge in [-0.2, -0.15) is 0 Å². The van der Waals surface area contributed by atoms with Crippen LogP contribution in [0.15, 0.2) is 24.3 Å². The van der Waals surface area contributed by atoms with Crippen molar-refractivity contribution in [1.29, 1.82) is 0 Å². The lowest BCUT2D eigenvalue weighted by Crippen LogP contribution is -2.36. The molecule has 1 aromatic rings. The second kappa shape index (κ2) is 4.69. The second-order valence-corrected chi connectivity index (χ2v) is 5.47. The maximum atomic E-state index is 2.69. The van der Waals surface area contributed by atoms with Crippen molar-refractivity contribution in [1.82, 2.24) is 4.90 Å². The molecule has 1 atom stereocenters. The van der Waals surface area contributed by atoms with Gasteiger partial charge in [0, 0.05) is 31.4 Å². The van der Waals surface area contributed by atoms with Crippen molar-refractivity contribution in [2.75, 3.05) is 31.1 Å². The summed E-state index contributed by atoms with van der Waals surface area (Å²) < 4.78 is 0. The topological polar surface area (TPSA) is 6.48 Å². The van der Waals surface area contributed by atoms with E-state index in [2.05, 4.69) is 41.0 Å². The lowest BCUT2D eigenvalue weighted by molar-refractivity contribution is 0.273. The van der Waals surface area contributed by atoms with Gasteiger partial charge >= 0.3 is 0 Å². The average molecular weight is 230 g/mol. The van der Waals surface area contributed by atoms with Gasteiger partial charge in [0.2, 0.25) is 0 Å². The zero-order valence-electron chi connectivity index (χ0n) is 10.7. The van der Waals surface area contributed by atoms with Crippen molar-refractivity contribution < 1.29 is 0 Å². The number of aryl methyl sites for hydroxylation is 1. The van der Waals surface area contributed by atoms with E-state index < -0.39 is 0 Å². The Morgan fingerprint density at radius 1 is 1.12 bits per heavy atom. The highest BCUT2D eigenvalue weighted by atomic mass is 15.3. The molecule has 92 valence electrons. The van der Waals surface area contributed by atoms with Gasteiger partial charge in [0.25, 0.3) is 0 Å². The molecule has 2 heteroatoms. The fourth-order valence-electron chi connectivity index (χ4n) is 3.27. The number of rotatable bonds is 1. The highest BCUT2D eigenvalue weighted by Crippen LogP contribution is 2.25. The van der Waals surface area contributed by atoms with Gasteiger partial charge < -0.3 is 4.90 Å². The summed E-state index contributed by atoms with van der Waals surface area (Å²) in [5.74, 6) is 0. The summed E-state index contributed by atoms with van der Waals surface area (Å²) in [5, 5.41) is 0. The van der Waals surface area contributed by atoms with Crippen molar-refractivity contribution in [2.45, 2.75) is 32.2 Å². The molecule has 0 aromatic heterocycles. The SMILES string of the molecule is Cc1cccc(N2CCCN3CCCC3C2)c1. The molecule has 0 radical (unpaired) electrons. The summed E-state index contributed by atoms with van der Waals surface area (Å²) in [5.41, 5.74) is 2.79. The van der Waals surface area contributed by atoms with E-state index in [4.69, 9.17) is 0 Å². The second-order valence-electron chi connectivity index (χ2n) is 5.47. The van der Waals surface area contributed by atoms with Gasteiger partial charge in [-0.05, 0) is 50.4 Å². The molecule has 1 unspecified atom stereocenters. The largest absolute Gasteiger partial charge is 0.370 e. The van der Waals surface area contributed by atoms with E-state index in [1.54, 1.807) is 0 Å². The molecular weight excluding hydrogens is 208 g/mol. The molecule has 0 spiro atoms. The van der Waals surface area contributed by atoms with E-state index in [-0.39, 0.29) is 0 Å². The Kier molecular flexibility index (Phi) is 3.06. The van der Waals surface area contributed by atoms with Crippen molar-refractivity contribution in [3.05, 3.63) is 29.8 Å². The zero-order chi connectivity index (χ0) is 11.7. The van der Waals surface area contributed by atoms with Crippen LogP contribution in [0.1, 0.15) is 24.8 Å². The predicted molar refractivity (Wildman–Crippen MR) is 72.6 cm³/mol. The Morgan fingerprint density at radius 2 is 2.00 bits per heavy atom. The van der Waals surface area contributed by atoms with Gasteiger partial charge in [-0.1, -0.05) is 12.1 Å². The third-order valence-electron chi connectivity index (χ3n) is 4.17. The summed E-state index contributed by atoms with van der Waals surface area (Å²) >= 11 is 0. The first-order valence-electron chi connectivity index (χ1n) is 6.88. The Hall–Kier alpha value is -1.02. The standard InChI is InChI=1S/C15H22N2/c1-13-5-2-6-14(11-13)17-10-4-9-16-8-3-7-15(16)12-17/h2,5-6,11,15H,3-4,7-10,12H2,1H3. The minimum atomic E-state index is 0.804. The van der Waals surface area contributed by atoms with E-state index in [0.717, 1.165) is 6.04 Å². The third kappa shape index (κ3) is 2.32. The number of hydrogen-bond donors (Lipinski definition) is 0. The molecule has 0 saturated carbocycles. The number of benzene rings is 1. The Morgan fingerprint density at radius 3 is 2.88 bits per heavy atom. The molecule has 2 fully saturated rings. The smallest absolute Gasteiger partial charge is 0.0369 e. The first kappa shape index (κ1) is 11.1. The number of anilines is 1. The zero-order valence-corrected chi connectivity index (χ0v) is 10.7. The molecular formula is C15H22N2. The fraction of sp³-hybridized carbons (Fsp3) is 0.600. The van der Waals surface area contributed by atoms with Crippen LogP contribution >= 0.6 is 0 Å². The number of nitrogens with zero attached hydrogens (tertiary/aromatic N) is 2. The Bertz CT molecular complexity index is 388. The molecule has 0 amide bonds. The van der Waals surface area contributed by atoms with Crippen LogP contribution < -0.4 is 4.90 Å². The molecule has 2 aliphatic heterocycles. The van der Waals surface area contributed by atoms with Crippen LogP contribution in [0.4, 0.5) is 5.69 Å². The Labute approximate surface area is 104 Å². The van der Waals surface area contributed by atoms with Crippen molar-refractivity contribution in [3.63, 3.8) is 0 Å². The quantitative estimate of drug-likeness (QED) is 0.732. The number of hydrogen-bond acceptors (Lipinski definition) is 2. The molecule has 2 aliphatic rings. The highest BCUT2D eigenvalue weighted by molar-refractivity contribution is 5.48. The lowest BCUT2D eigenvalue weighted by Gasteiger charge is -2.27. The summed E-state index contributed by atoms with van der Waals surface area (Å²) in [4.78, 5) is 5.28. The number of fused-ring (bicyclic) bond motifs is 1. The van der Waals surface area contributed by atoms with E-state index >= 15 is 0 Å². The van der Waals surface area contributed by atoms with Crippen LogP contribution in [0.5, 0.6) is 0 Å². The first-order chi connectivity index (χ1) is 8.33. The molecule has 17 heavy (non-hydrogen) atoms. The summed E-state index contributed by atoms with van der Waals surface area (Å²) in [6, 6.07) is 9.76. The van der Waals surface area contributed by atoms with E-state index in [0.29, 0.717) is 0 Å². The maximum absolute atomic E-state index is 2.69. The van der Waals surface area contributed by atoms with Crippen LogP contribution in [-0.2, 0) is 0 Å². The molecule has 3 rings (SSSR count). The minimum Gasteiger partial charge on any atom is -0.370 e. The molecule has 2 heterocycles. The predicted octanol–water partition coefficient (Wildman–Crippen LogP) is 2.67. The molecule has 0 bridgehead atoms. The molecule has 1 aromatic carbocycles. The van der Waals surface area contributed by atoms with Crippen LogP contribution in [0.3, 0.4) is 0 Å². The summed E-state index contributed by atoms with van der Waals surface area (Å²) in [7, 11) is 0. The van der Waals surface area contributed by atoms with Crippen LogP contribution in [0.25, 0.3) is 0 Å². The molecule has 0 aliphatic carbocycles. The average Bonchev–Trinajstić information content (AvgIpc) is 2.66. The van der Waals surface area contributed by atoms with Crippen LogP contribution in [-0.4, -0.2) is 37.1 Å². The van der Waals surface area contributed by atoms with Gasteiger partial charge in [-0.25, -0.2) is 0 Å². The molecule has 2 nitrogen and oxygen atoms in total. The third-order valence-corrected chi connectivity index (χ3v) is 4.17. The van der Waals surface area contributed by atoms with Gasteiger partial charge in [-0.3, -0.25) is 4.90 Å². The molecule has 2 saturated heterocycles. The van der Waals surface area contributed by atoms with E-state index in [1.165, 1.54) is 56.7 Å². The minimum absolute atomic E-state index is 0.804. The van der Waals surface area contributed by atoms with Crippen LogP contribution in [0.2, 0.25) is 0 Å². The van der Waals surface area contributed by atoms with Crippen LogP contribution in [0, 0.1) is 6.92 Å². The highest BCUT2D eigenvalue weighted by Gasteiger charge is 2.28. The lowest BCUT2D eigenvalue weighted by atomic mass is 10.1. The maximum Gasteiger partial charge on any atom is 0.0369 e. The van der Waals surface area contributed by atoms with E-state index in [9.17, 15) is 0 Å².